The maximum absolute atomic E-state index is 11.7. The van der Waals surface area contributed by atoms with Crippen molar-refractivity contribution in [3.63, 3.8) is 0 Å². The molecule has 3 aliphatic rings. The number of ketones is 1. The molecule has 1 spiro atoms. The van der Waals surface area contributed by atoms with Crippen LogP contribution in [0.3, 0.4) is 0 Å². The van der Waals surface area contributed by atoms with Gasteiger partial charge in [0.15, 0.2) is 11.4 Å². The zero-order chi connectivity index (χ0) is 13.8. The molecule has 5 heteroatoms. The smallest absolute Gasteiger partial charge is 0.338 e. The Morgan fingerprint density at radius 1 is 1.47 bits per heavy atom. The van der Waals surface area contributed by atoms with E-state index in [4.69, 9.17) is 4.74 Å². The Balaban J connectivity index is 1.97. The molecular weight excluding hydrogens is 248 g/mol. The van der Waals surface area contributed by atoms with Crippen molar-refractivity contribution in [2.24, 2.45) is 11.3 Å². The van der Waals surface area contributed by atoms with Gasteiger partial charge in [-0.2, -0.15) is 0 Å². The Morgan fingerprint density at radius 3 is 2.84 bits per heavy atom. The van der Waals surface area contributed by atoms with Crippen LogP contribution in [0.15, 0.2) is 11.6 Å². The molecule has 2 bridgehead atoms. The third-order valence-corrected chi connectivity index (χ3v) is 5.13. The maximum atomic E-state index is 11.7. The van der Waals surface area contributed by atoms with Crippen LogP contribution in [0.2, 0.25) is 0 Å². The Morgan fingerprint density at radius 2 is 2.21 bits per heavy atom. The van der Waals surface area contributed by atoms with Gasteiger partial charge in [0.25, 0.3) is 0 Å². The minimum atomic E-state index is -1.81. The molecule has 1 heterocycles. The van der Waals surface area contributed by atoms with Crippen LogP contribution in [0.25, 0.3) is 0 Å². The van der Waals surface area contributed by atoms with E-state index in [2.05, 4.69) is 0 Å². The summed E-state index contributed by atoms with van der Waals surface area (Å²) in [7, 11) is 0. The van der Waals surface area contributed by atoms with E-state index in [0.717, 1.165) is 12.0 Å². The topological polar surface area (TPSA) is 83.8 Å². The highest BCUT2D eigenvalue weighted by Gasteiger charge is 2.60. The molecule has 1 saturated heterocycles. The number of Topliss-reactive ketones (excluding diaryl/α,β-unsaturated/α-hetero) is 1. The van der Waals surface area contributed by atoms with Gasteiger partial charge in [0, 0.05) is 5.41 Å². The van der Waals surface area contributed by atoms with E-state index in [1.165, 1.54) is 0 Å². The van der Waals surface area contributed by atoms with Crippen molar-refractivity contribution in [3.8, 4) is 0 Å². The molecule has 104 valence electrons. The van der Waals surface area contributed by atoms with Crippen LogP contribution in [0, 0.1) is 11.3 Å². The van der Waals surface area contributed by atoms with Crippen LogP contribution in [0.4, 0.5) is 0 Å². The first-order valence-electron chi connectivity index (χ1n) is 6.67. The predicted octanol–water partition coefficient (Wildman–Crippen LogP) is 0.906. The number of hydrogen-bond donors (Lipinski definition) is 2. The highest BCUT2D eigenvalue weighted by molar-refractivity contribution is 5.94. The zero-order valence-electron chi connectivity index (χ0n) is 10.9. The number of rotatable bonds is 2. The van der Waals surface area contributed by atoms with Crippen molar-refractivity contribution in [2.45, 2.75) is 44.3 Å². The summed E-state index contributed by atoms with van der Waals surface area (Å²) in [5.74, 6) is -1.14. The van der Waals surface area contributed by atoms with Gasteiger partial charge in [0.2, 0.25) is 0 Å². The lowest BCUT2D eigenvalue weighted by atomic mass is 9.73. The number of aliphatic hydroxyl groups is 1. The van der Waals surface area contributed by atoms with Gasteiger partial charge in [-0.05, 0) is 44.1 Å². The lowest BCUT2D eigenvalue weighted by Crippen LogP contribution is -2.49. The number of ether oxygens (including phenoxy) is 1. The predicted molar refractivity (Wildman–Crippen MR) is 65.5 cm³/mol. The summed E-state index contributed by atoms with van der Waals surface area (Å²) in [6.45, 7) is 1.98. The first-order chi connectivity index (χ1) is 8.89. The zero-order valence-corrected chi connectivity index (χ0v) is 10.9. The fourth-order valence-corrected chi connectivity index (χ4v) is 3.99. The van der Waals surface area contributed by atoms with Gasteiger partial charge in [0.1, 0.15) is 0 Å². The molecule has 0 radical (unpaired) electrons. The van der Waals surface area contributed by atoms with Crippen LogP contribution in [-0.2, 0) is 14.3 Å². The summed E-state index contributed by atoms with van der Waals surface area (Å²) >= 11 is 0. The van der Waals surface area contributed by atoms with Gasteiger partial charge in [-0.15, -0.1) is 0 Å². The third-order valence-electron chi connectivity index (χ3n) is 5.13. The Bertz CT molecular complexity index is 482. The second-order valence-electron chi connectivity index (χ2n) is 6.11. The molecule has 5 nitrogen and oxygen atoms in total. The van der Waals surface area contributed by atoms with Crippen molar-refractivity contribution < 1.29 is 24.5 Å². The van der Waals surface area contributed by atoms with Gasteiger partial charge in [-0.1, -0.05) is 6.08 Å². The number of carbonyl (C=O) groups excluding carboxylic acids is 1. The molecule has 0 aromatic carbocycles. The van der Waals surface area contributed by atoms with Crippen LogP contribution in [0.5, 0.6) is 0 Å². The summed E-state index contributed by atoms with van der Waals surface area (Å²) in [6, 6.07) is 0. The number of carbonyl (C=O) groups is 2. The van der Waals surface area contributed by atoms with Crippen LogP contribution in [-0.4, -0.2) is 40.3 Å². The third kappa shape index (κ3) is 1.61. The summed E-state index contributed by atoms with van der Waals surface area (Å²) in [5.41, 5.74) is -1.19. The standard InChI is InChI=1S/C14H18O5/c1-8(15)9-2-4-13-6-11(19-7-13)14(18,12(16)17)5-3-10(9)13/h2,10-11,18H,3-7H2,1H3,(H,16,17). The minimum absolute atomic E-state index is 0.0309. The van der Waals surface area contributed by atoms with Crippen LogP contribution < -0.4 is 0 Å². The van der Waals surface area contributed by atoms with E-state index in [1.807, 2.05) is 6.08 Å². The van der Waals surface area contributed by atoms with Gasteiger partial charge in [-0.25, -0.2) is 4.79 Å². The summed E-state index contributed by atoms with van der Waals surface area (Å²) in [5, 5.41) is 19.6. The molecule has 4 atom stereocenters. The van der Waals surface area contributed by atoms with Crippen molar-refractivity contribution in [1.29, 1.82) is 0 Å². The van der Waals surface area contributed by atoms with Crippen molar-refractivity contribution in [3.05, 3.63) is 11.6 Å². The van der Waals surface area contributed by atoms with Gasteiger partial charge in [-0.3, -0.25) is 4.79 Å². The molecule has 0 aromatic rings. The first kappa shape index (κ1) is 12.8. The van der Waals surface area contributed by atoms with Crippen LogP contribution >= 0.6 is 0 Å². The molecular formula is C14H18O5. The Hall–Kier alpha value is -1.20. The number of fused-ring (bicyclic) bond motifs is 1. The Kier molecular flexibility index (Phi) is 2.63. The normalized spacial score (nSPS) is 44.4. The lowest BCUT2D eigenvalue weighted by molar-refractivity contribution is -0.174. The van der Waals surface area contributed by atoms with Crippen molar-refractivity contribution in [1.82, 2.24) is 0 Å². The molecule has 0 amide bonds. The summed E-state index contributed by atoms with van der Waals surface area (Å²) in [4.78, 5) is 23.0. The number of carboxylic acids is 1. The van der Waals surface area contributed by atoms with E-state index >= 15 is 0 Å². The monoisotopic (exact) mass is 266 g/mol. The average molecular weight is 266 g/mol. The van der Waals surface area contributed by atoms with Gasteiger partial charge >= 0.3 is 5.97 Å². The average Bonchev–Trinajstić information content (AvgIpc) is 2.89. The summed E-state index contributed by atoms with van der Waals surface area (Å²) < 4.78 is 5.59. The summed E-state index contributed by atoms with van der Waals surface area (Å²) in [6.07, 6.45) is 3.27. The number of hydrogen-bond acceptors (Lipinski definition) is 4. The SMILES string of the molecule is CC(=O)C1=CCC23COC(C2)C(O)(C(=O)O)CCC13. The molecule has 2 N–H and O–H groups in total. The number of aliphatic carboxylic acids is 1. The van der Waals surface area contributed by atoms with Crippen molar-refractivity contribution in [2.75, 3.05) is 6.61 Å². The Labute approximate surface area is 111 Å². The molecule has 1 aliphatic heterocycles. The van der Waals surface area contributed by atoms with Gasteiger partial charge < -0.3 is 14.9 Å². The molecule has 2 aliphatic carbocycles. The maximum Gasteiger partial charge on any atom is 0.338 e. The fraction of sp³-hybridized carbons (Fsp3) is 0.714. The van der Waals surface area contributed by atoms with Crippen molar-refractivity contribution >= 4 is 11.8 Å². The van der Waals surface area contributed by atoms with Crippen LogP contribution in [0.1, 0.15) is 32.6 Å². The highest BCUT2D eigenvalue weighted by Crippen LogP contribution is 2.57. The molecule has 1 saturated carbocycles. The molecule has 3 rings (SSSR count). The second-order valence-corrected chi connectivity index (χ2v) is 6.11. The van der Waals surface area contributed by atoms with E-state index in [-0.39, 0.29) is 23.5 Å². The molecule has 2 fully saturated rings. The lowest BCUT2D eigenvalue weighted by Gasteiger charge is -2.31. The van der Waals surface area contributed by atoms with E-state index in [0.29, 0.717) is 19.4 Å². The molecule has 19 heavy (non-hydrogen) atoms. The molecule has 0 aromatic heterocycles. The van der Waals surface area contributed by atoms with Gasteiger partial charge in [0.05, 0.1) is 12.7 Å². The van der Waals surface area contributed by atoms with E-state index in [9.17, 15) is 19.8 Å². The van der Waals surface area contributed by atoms with E-state index < -0.39 is 17.7 Å². The number of carboxylic acid groups (broad SMARTS) is 1. The number of allylic oxidation sites excluding steroid dienone is 2. The highest BCUT2D eigenvalue weighted by atomic mass is 16.5. The fourth-order valence-electron chi connectivity index (χ4n) is 3.99. The van der Waals surface area contributed by atoms with E-state index in [1.54, 1.807) is 6.92 Å². The minimum Gasteiger partial charge on any atom is -0.479 e. The molecule has 4 unspecified atom stereocenters. The second kappa shape index (κ2) is 3.90. The first-order valence-corrected chi connectivity index (χ1v) is 6.67. The largest absolute Gasteiger partial charge is 0.479 e. The quantitative estimate of drug-likeness (QED) is 0.776.